The van der Waals surface area contributed by atoms with Gasteiger partial charge >= 0.3 is 0 Å². The summed E-state index contributed by atoms with van der Waals surface area (Å²) in [4.78, 5) is 7.96. The summed E-state index contributed by atoms with van der Waals surface area (Å²) in [5.41, 5.74) is 5.05. The lowest BCUT2D eigenvalue weighted by atomic mass is 10.2. The summed E-state index contributed by atoms with van der Waals surface area (Å²) >= 11 is 5.07. The van der Waals surface area contributed by atoms with Crippen molar-refractivity contribution in [1.29, 1.82) is 0 Å². The van der Waals surface area contributed by atoms with Crippen LogP contribution < -0.4 is 14.4 Å². The zero-order valence-electron chi connectivity index (χ0n) is 19.5. The molecular weight excluding hydrogens is 508 g/mol. The average Bonchev–Trinajstić information content (AvgIpc) is 3.27. The molecule has 0 unspecified atom stereocenters. The number of ether oxygens (including phenoxy) is 1. The zero-order valence-corrected chi connectivity index (χ0v) is 21.9. The zero-order chi connectivity index (χ0) is 23.9. The number of anilines is 1. The highest BCUT2D eigenvalue weighted by Gasteiger charge is 2.09. The minimum Gasteiger partial charge on any atom is -0.494 e. The van der Waals surface area contributed by atoms with Crippen molar-refractivity contribution < 1.29 is 4.74 Å². The fourth-order valence-corrected chi connectivity index (χ4v) is 4.73. The largest absolute Gasteiger partial charge is 0.494 e. The van der Waals surface area contributed by atoms with Crippen molar-refractivity contribution in [1.82, 2.24) is 4.68 Å². The molecule has 0 aliphatic carbocycles. The van der Waals surface area contributed by atoms with Crippen LogP contribution in [0.4, 0.5) is 11.4 Å². The van der Waals surface area contributed by atoms with Crippen LogP contribution >= 0.6 is 27.3 Å². The molecule has 4 rings (SSSR count). The van der Waals surface area contributed by atoms with E-state index in [0.717, 1.165) is 50.6 Å². The van der Waals surface area contributed by atoms with Gasteiger partial charge in [0.1, 0.15) is 11.4 Å². The molecular formula is C27H27BrN4OS. The molecule has 7 heteroatoms. The van der Waals surface area contributed by atoms with Crippen molar-refractivity contribution in [2.45, 2.75) is 13.8 Å². The van der Waals surface area contributed by atoms with Crippen LogP contribution in [-0.4, -0.2) is 31.1 Å². The number of hydrogen-bond acceptors (Lipinski definition) is 5. The van der Waals surface area contributed by atoms with Crippen LogP contribution in [0.5, 0.6) is 5.75 Å². The number of nitrogens with zero attached hydrogens (tertiary/aromatic N) is 4. The van der Waals surface area contributed by atoms with E-state index in [1.54, 1.807) is 18.4 Å². The Bertz CT molecular complexity index is 1320. The van der Waals surface area contributed by atoms with Gasteiger partial charge < -0.3 is 9.64 Å². The first-order valence-corrected chi connectivity index (χ1v) is 12.8. The molecule has 1 aromatic heterocycles. The Morgan fingerprint density at radius 3 is 2.35 bits per heavy atom. The molecule has 0 saturated carbocycles. The van der Waals surface area contributed by atoms with Crippen molar-refractivity contribution in [2.24, 2.45) is 10.1 Å². The van der Waals surface area contributed by atoms with Crippen molar-refractivity contribution >= 4 is 44.9 Å². The third kappa shape index (κ3) is 5.48. The number of aromatic nitrogens is 1. The number of halogens is 1. The van der Waals surface area contributed by atoms with Crippen molar-refractivity contribution in [3.05, 3.63) is 93.0 Å². The first-order chi connectivity index (χ1) is 16.6. The molecule has 0 fully saturated rings. The molecule has 1 heterocycles. The number of thiazole rings is 1. The smallest absolute Gasteiger partial charge is 0.211 e. The highest BCUT2D eigenvalue weighted by molar-refractivity contribution is 9.10. The second kappa shape index (κ2) is 11.3. The van der Waals surface area contributed by atoms with Gasteiger partial charge in [0.05, 0.1) is 19.0 Å². The third-order valence-electron chi connectivity index (χ3n) is 5.47. The van der Waals surface area contributed by atoms with Gasteiger partial charge in [-0.25, -0.2) is 9.67 Å². The van der Waals surface area contributed by atoms with Crippen LogP contribution in [0.3, 0.4) is 0 Å². The molecule has 4 aromatic rings. The molecule has 0 saturated heterocycles. The molecule has 174 valence electrons. The first kappa shape index (κ1) is 24.0. The molecule has 0 spiro atoms. The highest BCUT2D eigenvalue weighted by atomic mass is 79.9. The molecule has 0 N–H and O–H groups in total. The summed E-state index contributed by atoms with van der Waals surface area (Å²) < 4.78 is 8.42. The van der Waals surface area contributed by atoms with E-state index in [0.29, 0.717) is 0 Å². The Morgan fingerprint density at radius 1 is 0.971 bits per heavy atom. The Balaban J connectivity index is 1.77. The Hall–Kier alpha value is -3.16. The summed E-state index contributed by atoms with van der Waals surface area (Å²) in [5.74, 6) is 0.726. The number of benzene rings is 3. The minimum atomic E-state index is 0.726. The van der Waals surface area contributed by atoms with Crippen molar-refractivity contribution in [3.63, 3.8) is 0 Å². The van der Waals surface area contributed by atoms with Gasteiger partial charge in [0.15, 0.2) is 0 Å². The van der Waals surface area contributed by atoms with E-state index in [2.05, 4.69) is 76.5 Å². The molecule has 34 heavy (non-hydrogen) atoms. The maximum absolute atomic E-state index is 5.49. The highest BCUT2D eigenvalue weighted by Crippen LogP contribution is 2.27. The van der Waals surface area contributed by atoms with Crippen LogP contribution in [0.25, 0.3) is 11.3 Å². The molecule has 0 atom stereocenters. The fourth-order valence-electron chi connectivity index (χ4n) is 3.62. The van der Waals surface area contributed by atoms with Gasteiger partial charge in [-0.2, -0.15) is 5.10 Å². The van der Waals surface area contributed by atoms with Crippen LogP contribution in [0.2, 0.25) is 0 Å². The van der Waals surface area contributed by atoms with Crippen LogP contribution in [0.1, 0.15) is 19.4 Å². The van der Waals surface area contributed by atoms with Crippen LogP contribution in [0, 0.1) is 0 Å². The van der Waals surface area contributed by atoms with E-state index >= 15 is 0 Å². The third-order valence-corrected chi connectivity index (χ3v) is 6.82. The molecule has 0 amide bonds. The van der Waals surface area contributed by atoms with E-state index < -0.39 is 0 Å². The fraction of sp³-hybridized carbons (Fsp3) is 0.185. The van der Waals surface area contributed by atoms with Gasteiger partial charge in [-0.05, 0) is 55.8 Å². The van der Waals surface area contributed by atoms with Gasteiger partial charge in [-0.1, -0.05) is 52.3 Å². The van der Waals surface area contributed by atoms with Crippen molar-refractivity contribution in [3.8, 4) is 17.0 Å². The van der Waals surface area contributed by atoms with E-state index in [-0.39, 0.29) is 0 Å². The molecule has 0 bridgehead atoms. The number of hydrogen-bond donors (Lipinski definition) is 0. The molecule has 0 radical (unpaired) electrons. The second-order valence-electron chi connectivity index (χ2n) is 7.51. The molecule has 0 aliphatic rings. The van der Waals surface area contributed by atoms with Gasteiger partial charge in [0, 0.05) is 34.2 Å². The number of methoxy groups -OCH3 is 1. The van der Waals surface area contributed by atoms with Crippen molar-refractivity contribution in [2.75, 3.05) is 25.1 Å². The summed E-state index contributed by atoms with van der Waals surface area (Å²) in [7, 11) is 1.66. The normalized spacial score (nSPS) is 11.8. The quantitative estimate of drug-likeness (QED) is 0.229. The van der Waals surface area contributed by atoms with E-state index in [1.807, 2.05) is 47.3 Å². The summed E-state index contributed by atoms with van der Waals surface area (Å²) in [6.45, 7) is 6.31. The lowest BCUT2D eigenvalue weighted by Gasteiger charge is -2.20. The monoisotopic (exact) mass is 534 g/mol. The minimum absolute atomic E-state index is 0.726. The summed E-state index contributed by atoms with van der Waals surface area (Å²) in [6, 6.07) is 24.4. The van der Waals surface area contributed by atoms with Gasteiger partial charge in [-0.15, -0.1) is 11.3 Å². The summed E-state index contributed by atoms with van der Waals surface area (Å²) in [5, 5.41) is 6.93. The number of para-hydroxylation sites is 2. The Labute approximate surface area is 212 Å². The molecule has 5 nitrogen and oxygen atoms in total. The van der Waals surface area contributed by atoms with Gasteiger partial charge in [0.25, 0.3) is 0 Å². The second-order valence-corrected chi connectivity index (χ2v) is 9.27. The maximum atomic E-state index is 5.49. The number of rotatable bonds is 8. The summed E-state index contributed by atoms with van der Waals surface area (Å²) in [6.07, 6.45) is 1.88. The van der Waals surface area contributed by atoms with Crippen LogP contribution in [-0.2, 0) is 0 Å². The Morgan fingerprint density at radius 2 is 1.68 bits per heavy atom. The molecule has 3 aromatic carbocycles. The lowest BCUT2D eigenvalue weighted by molar-refractivity contribution is 0.416. The average molecular weight is 536 g/mol. The first-order valence-electron chi connectivity index (χ1n) is 11.2. The van der Waals surface area contributed by atoms with Gasteiger partial charge in [0.2, 0.25) is 4.80 Å². The predicted octanol–water partition coefficient (Wildman–Crippen LogP) is 6.95. The van der Waals surface area contributed by atoms with E-state index in [9.17, 15) is 0 Å². The molecule has 0 aliphatic heterocycles. The predicted molar refractivity (Wildman–Crippen MR) is 147 cm³/mol. The van der Waals surface area contributed by atoms with Gasteiger partial charge in [-0.3, -0.25) is 0 Å². The SMILES string of the molecule is CCN(CC)c1ccc(/C=N\n2c(-c3ccc(Br)cc3)csc2=Nc2ccccc2OC)cc1. The topological polar surface area (TPSA) is 42.1 Å². The van der Waals surface area contributed by atoms with Crippen LogP contribution in [0.15, 0.2) is 92.7 Å². The lowest BCUT2D eigenvalue weighted by Crippen LogP contribution is -2.21. The maximum Gasteiger partial charge on any atom is 0.211 e. The Kier molecular flexibility index (Phi) is 7.98. The van der Waals surface area contributed by atoms with E-state index in [4.69, 9.17) is 14.8 Å². The standard InChI is InChI=1S/C27H27BrN4OS/c1-4-31(5-2)23-16-10-20(11-17-23)18-29-32-25(21-12-14-22(28)15-13-21)19-34-27(32)30-24-8-6-7-9-26(24)33-3/h6-19H,4-5H2,1-3H3/b29-18-,30-27?. The van der Waals surface area contributed by atoms with E-state index in [1.165, 1.54) is 5.69 Å².